The van der Waals surface area contributed by atoms with Crippen LogP contribution in [0.1, 0.15) is 11.1 Å². The summed E-state index contributed by atoms with van der Waals surface area (Å²) in [5, 5.41) is 2.19. The molecule has 0 fully saturated rings. The van der Waals surface area contributed by atoms with E-state index in [1.54, 1.807) is 24.1 Å². The van der Waals surface area contributed by atoms with Crippen LogP contribution in [0.25, 0.3) is 0 Å². The maximum atomic E-state index is 13.2. The molecule has 0 radical (unpaired) electrons. The number of hydrogen-bond donors (Lipinski definition) is 1. The molecule has 0 saturated heterocycles. The summed E-state index contributed by atoms with van der Waals surface area (Å²) < 4.78 is 52.2. The molecule has 29 heavy (non-hydrogen) atoms. The molecule has 0 aromatic heterocycles. The number of benzene rings is 2. The summed E-state index contributed by atoms with van der Waals surface area (Å²) in [4.78, 5) is 27.1. The van der Waals surface area contributed by atoms with Gasteiger partial charge < -0.3 is 10.2 Å². The summed E-state index contributed by atoms with van der Waals surface area (Å²) >= 11 is 0. The van der Waals surface area contributed by atoms with E-state index in [1.165, 1.54) is 31.3 Å². The van der Waals surface area contributed by atoms with Crippen LogP contribution in [0.3, 0.4) is 0 Å². The Balaban J connectivity index is 1.90. The van der Waals surface area contributed by atoms with Crippen LogP contribution < -0.4 is 5.32 Å². The normalized spacial score (nSPS) is 11.4. The molecule has 5 nitrogen and oxygen atoms in total. The molecule has 0 heterocycles. The van der Waals surface area contributed by atoms with E-state index in [0.717, 1.165) is 17.0 Å². The number of hydrogen-bond acceptors (Lipinski definition) is 3. The molecular formula is C20H21F4N3O2. The van der Waals surface area contributed by atoms with Gasteiger partial charge in [-0.1, -0.05) is 24.3 Å². The van der Waals surface area contributed by atoms with Crippen LogP contribution in [0.2, 0.25) is 0 Å². The van der Waals surface area contributed by atoms with Gasteiger partial charge in [-0.2, -0.15) is 13.2 Å². The Kier molecular flexibility index (Phi) is 7.33. The number of carbonyl (C=O) groups is 2. The first-order chi connectivity index (χ1) is 13.6. The minimum absolute atomic E-state index is 0.0422. The smallest absolute Gasteiger partial charge is 0.335 e. The Morgan fingerprint density at radius 2 is 1.69 bits per heavy atom. The second-order valence-corrected chi connectivity index (χ2v) is 6.64. The van der Waals surface area contributed by atoms with Crippen LogP contribution in [0.5, 0.6) is 0 Å². The number of anilines is 1. The standard InChI is InChI=1S/C20H21F4N3O2/c1-26(11-14-6-5-7-15(21)10-14)13-19(29)27(2)12-18(28)25-17-9-4-3-8-16(17)20(22,23)24/h3-10H,11-13H2,1-2H3,(H,25,28). The van der Waals surface area contributed by atoms with Crippen molar-refractivity contribution in [1.29, 1.82) is 0 Å². The first-order valence-corrected chi connectivity index (χ1v) is 8.69. The highest BCUT2D eigenvalue weighted by molar-refractivity contribution is 5.95. The molecule has 0 unspecified atom stereocenters. The van der Waals surface area contributed by atoms with Crippen LogP contribution in [-0.2, 0) is 22.3 Å². The zero-order valence-electron chi connectivity index (χ0n) is 16.0. The number of halogens is 4. The van der Waals surface area contributed by atoms with E-state index < -0.39 is 30.1 Å². The molecule has 0 saturated carbocycles. The van der Waals surface area contributed by atoms with Crippen molar-refractivity contribution in [3.8, 4) is 0 Å². The topological polar surface area (TPSA) is 52.7 Å². The Morgan fingerprint density at radius 3 is 2.34 bits per heavy atom. The molecule has 0 bridgehead atoms. The van der Waals surface area contributed by atoms with Gasteiger partial charge in [0.2, 0.25) is 11.8 Å². The van der Waals surface area contributed by atoms with Crippen molar-refractivity contribution < 1.29 is 27.2 Å². The van der Waals surface area contributed by atoms with Crippen LogP contribution in [-0.4, -0.2) is 48.8 Å². The highest BCUT2D eigenvalue weighted by Gasteiger charge is 2.33. The number of rotatable bonds is 7. The molecule has 0 aliphatic carbocycles. The van der Waals surface area contributed by atoms with Gasteiger partial charge in [0.25, 0.3) is 0 Å². The van der Waals surface area contributed by atoms with Crippen molar-refractivity contribution >= 4 is 17.5 Å². The van der Waals surface area contributed by atoms with E-state index in [0.29, 0.717) is 12.1 Å². The van der Waals surface area contributed by atoms with Crippen molar-refractivity contribution in [1.82, 2.24) is 9.80 Å². The minimum atomic E-state index is -4.61. The Morgan fingerprint density at radius 1 is 1.00 bits per heavy atom. The Hall–Kier alpha value is -2.94. The van der Waals surface area contributed by atoms with E-state index >= 15 is 0 Å². The molecule has 0 aliphatic heterocycles. The number of nitrogens with one attached hydrogen (secondary N) is 1. The van der Waals surface area contributed by atoms with Gasteiger partial charge in [0, 0.05) is 13.6 Å². The summed E-state index contributed by atoms with van der Waals surface area (Å²) in [6, 6.07) is 10.6. The maximum Gasteiger partial charge on any atom is 0.418 e. The third-order valence-corrected chi connectivity index (χ3v) is 4.06. The molecule has 1 N–H and O–H groups in total. The van der Waals surface area contributed by atoms with Crippen molar-refractivity contribution in [2.75, 3.05) is 32.5 Å². The molecule has 2 aromatic carbocycles. The zero-order valence-corrected chi connectivity index (χ0v) is 16.0. The largest absolute Gasteiger partial charge is 0.418 e. The third-order valence-electron chi connectivity index (χ3n) is 4.06. The number of amides is 2. The van der Waals surface area contributed by atoms with Gasteiger partial charge in [0.15, 0.2) is 0 Å². The first kappa shape index (κ1) is 22.4. The number of carbonyl (C=O) groups excluding carboxylic acids is 2. The Labute approximate surface area is 165 Å². The molecule has 2 amide bonds. The van der Waals surface area contributed by atoms with Crippen molar-refractivity contribution in [2.45, 2.75) is 12.7 Å². The molecule has 0 atom stereocenters. The van der Waals surface area contributed by atoms with Crippen LogP contribution in [0, 0.1) is 5.82 Å². The average molecular weight is 411 g/mol. The average Bonchev–Trinajstić information content (AvgIpc) is 2.60. The van der Waals surface area contributed by atoms with E-state index in [4.69, 9.17) is 0 Å². The lowest BCUT2D eigenvalue weighted by molar-refractivity contribution is -0.137. The highest BCUT2D eigenvalue weighted by atomic mass is 19.4. The predicted octanol–water partition coefficient (Wildman–Crippen LogP) is 3.37. The molecular weight excluding hydrogens is 390 g/mol. The van der Waals surface area contributed by atoms with Gasteiger partial charge in [-0.05, 0) is 36.9 Å². The van der Waals surface area contributed by atoms with E-state index in [1.807, 2.05) is 0 Å². The second kappa shape index (κ2) is 9.51. The fraction of sp³-hybridized carbons (Fsp3) is 0.300. The van der Waals surface area contributed by atoms with E-state index in [9.17, 15) is 27.2 Å². The molecule has 9 heteroatoms. The number of likely N-dealkylation sites (N-methyl/N-ethyl adjacent to an activating group) is 2. The number of alkyl halides is 3. The van der Waals surface area contributed by atoms with Gasteiger partial charge in [0.1, 0.15) is 5.82 Å². The predicted molar refractivity (Wildman–Crippen MR) is 100 cm³/mol. The van der Waals surface area contributed by atoms with Gasteiger partial charge in [-0.15, -0.1) is 0 Å². The zero-order chi connectivity index (χ0) is 21.6. The lowest BCUT2D eigenvalue weighted by Gasteiger charge is -2.22. The van der Waals surface area contributed by atoms with Gasteiger partial charge in [-0.3, -0.25) is 14.5 Å². The first-order valence-electron chi connectivity index (χ1n) is 8.69. The monoisotopic (exact) mass is 411 g/mol. The highest BCUT2D eigenvalue weighted by Crippen LogP contribution is 2.34. The summed E-state index contributed by atoms with van der Waals surface area (Å²) in [6.45, 7) is -0.124. The summed E-state index contributed by atoms with van der Waals surface area (Å²) in [5.74, 6) is -1.52. The summed E-state index contributed by atoms with van der Waals surface area (Å²) in [6.07, 6.45) is -4.61. The van der Waals surface area contributed by atoms with Crippen molar-refractivity contribution in [3.05, 3.63) is 65.5 Å². The SMILES string of the molecule is CN(CC(=O)N(C)CC(=O)Nc1ccccc1C(F)(F)F)Cc1cccc(F)c1. The molecule has 0 spiro atoms. The third kappa shape index (κ3) is 6.86. The fourth-order valence-corrected chi connectivity index (χ4v) is 2.69. The Bertz CT molecular complexity index is 871. The van der Waals surface area contributed by atoms with E-state index in [-0.39, 0.29) is 18.0 Å². The molecule has 0 aliphatic rings. The fourth-order valence-electron chi connectivity index (χ4n) is 2.69. The van der Waals surface area contributed by atoms with Crippen LogP contribution in [0.4, 0.5) is 23.2 Å². The number of nitrogens with zero attached hydrogens (tertiary/aromatic N) is 2. The summed E-state index contributed by atoms with van der Waals surface area (Å²) in [5.41, 5.74) is -0.643. The van der Waals surface area contributed by atoms with Crippen LogP contribution >= 0.6 is 0 Å². The lowest BCUT2D eigenvalue weighted by Crippen LogP contribution is -2.40. The second-order valence-electron chi connectivity index (χ2n) is 6.64. The van der Waals surface area contributed by atoms with Gasteiger partial charge in [0.05, 0.1) is 24.3 Å². The van der Waals surface area contributed by atoms with E-state index in [2.05, 4.69) is 5.32 Å². The van der Waals surface area contributed by atoms with Crippen molar-refractivity contribution in [2.24, 2.45) is 0 Å². The summed E-state index contributed by atoms with van der Waals surface area (Å²) in [7, 11) is 3.05. The van der Waals surface area contributed by atoms with Crippen molar-refractivity contribution in [3.63, 3.8) is 0 Å². The quantitative estimate of drug-likeness (QED) is 0.711. The molecule has 156 valence electrons. The lowest BCUT2D eigenvalue weighted by atomic mass is 10.1. The van der Waals surface area contributed by atoms with Gasteiger partial charge >= 0.3 is 6.18 Å². The maximum absolute atomic E-state index is 13.2. The molecule has 2 aromatic rings. The van der Waals surface area contributed by atoms with Gasteiger partial charge in [-0.25, -0.2) is 4.39 Å². The molecule has 2 rings (SSSR count). The van der Waals surface area contributed by atoms with Crippen LogP contribution in [0.15, 0.2) is 48.5 Å². The number of para-hydroxylation sites is 1. The minimum Gasteiger partial charge on any atom is -0.335 e.